The second-order valence-electron chi connectivity index (χ2n) is 6.12. The summed E-state index contributed by atoms with van der Waals surface area (Å²) in [6.07, 6.45) is 1.83. The van der Waals surface area contributed by atoms with Crippen molar-refractivity contribution >= 4 is 75.2 Å². The van der Waals surface area contributed by atoms with Crippen LogP contribution in [0, 0.1) is 0 Å². The fourth-order valence-corrected chi connectivity index (χ4v) is 3.83. The van der Waals surface area contributed by atoms with Crippen molar-refractivity contribution in [2.45, 2.75) is 6.92 Å². The molecule has 150 valence electrons. The molecule has 0 unspecified atom stereocenters. The smallest absolute Gasteiger partial charge is 0.0737 e. The minimum atomic E-state index is 0. The normalized spacial score (nSPS) is 10.6. The molecule has 0 aliphatic heterocycles. The molecular weight excluding hydrogens is 436 g/mol. The number of aromatic nitrogens is 1. The largest absolute Gasteiger partial charge is 0.369 e. The molecule has 3 nitrogen and oxygen atoms in total. The van der Waals surface area contributed by atoms with Gasteiger partial charge in [0.15, 0.2) is 0 Å². The predicted molar refractivity (Wildman–Crippen MR) is 127 cm³/mol. The first-order valence-corrected chi connectivity index (χ1v) is 10.4. The number of benzene rings is 2. The molecular formula is C21H23Cl4N3. The van der Waals surface area contributed by atoms with Crippen LogP contribution in [0.5, 0.6) is 0 Å². The summed E-state index contributed by atoms with van der Waals surface area (Å²) >= 11 is 18.0. The van der Waals surface area contributed by atoms with Crippen molar-refractivity contribution in [2.24, 2.45) is 0 Å². The van der Waals surface area contributed by atoms with E-state index in [2.05, 4.69) is 46.0 Å². The molecule has 0 aliphatic rings. The number of hydrogen-bond donors (Lipinski definition) is 0. The maximum atomic E-state index is 6.12. The van der Waals surface area contributed by atoms with Crippen LogP contribution in [-0.2, 0) is 0 Å². The van der Waals surface area contributed by atoms with Gasteiger partial charge in [-0.3, -0.25) is 4.98 Å². The lowest BCUT2D eigenvalue weighted by Crippen LogP contribution is -2.27. The zero-order valence-electron chi connectivity index (χ0n) is 15.6. The topological polar surface area (TPSA) is 19.4 Å². The Hall–Kier alpha value is -1.39. The number of fused-ring (bicyclic) bond motifs is 1. The maximum absolute atomic E-state index is 6.12. The van der Waals surface area contributed by atoms with E-state index in [9.17, 15) is 0 Å². The van der Waals surface area contributed by atoms with Gasteiger partial charge >= 0.3 is 0 Å². The molecule has 0 amide bonds. The van der Waals surface area contributed by atoms with Gasteiger partial charge in [0, 0.05) is 59.4 Å². The predicted octanol–water partition coefficient (Wildman–Crippen LogP) is 6.75. The van der Waals surface area contributed by atoms with E-state index in [1.54, 1.807) is 0 Å². The molecule has 0 atom stereocenters. The molecule has 0 saturated heterocycles. The molecule has 0 bridgehead atoms. The van der Waals surface area contributed by atoms with Crippen LogP contribution in [0.15, 0.2) is 54.7 Å². The lowest BCUT2D eigenvalue weighted by Gasteiger charge is -2.27. The fraction of sp³-hybridized carbons (Fsp3) is 0.286. The summed E-state index contributed by atoms with van der Waals surface area (Å²) < 4.78 is 0. The van der Waals surface area contributed by atoms with Gasteiger partial charge in [0.25, 0.3) is 0 Å². The number of halogens is 4. The van der Waals surface area contributed by atoms with Crippen molar-refractivity contribution in [3.05, 3.63) is 59.8 Å². The lowest BCUT2D eigenvalue weighted by molar-refractivity contribution is 0.873. The van der Waals surface area contributed by atoms with Gasteiger partial charge in [-0.15, -0.1) is 35.6 Å². The van der Waals surface area contributed by atoms with Crippen LogP contribution in [-0.4, -0.2) is 36.4 Å². The average Bonchev–Trinajstić information content (AvgIpc) is 2.69. The van der Waals surface area contributed by atoms with Crippen molar-refractivity contribution < 1.29 is 0 Å². The number of alkyl halides is 2. The SMILES string of the molecule is CCN(c1ccc(N(CCCl)CCCl)cc1)c1ccnc2cc(Cl)ccc12.Cl. The Bertz CT molecular complexity index is 880. The van der Waals surface area contributed by atoms with Gasteiger partial charge in [-0.1, -0.05) is 11.6 Å². The minimum Gasteiger partial charge on any atom is -0.369 e. The Balaban J connectivity index is 0.00000280. The molecule has 1 aromatic heterocycles. The highest BCUT2D eigenvalue weighted by atomic mass is 35.5. The summed E-state index contributed by atoms with van der Waals surface area (Å²) in [6.45, 7) is 4.54. The molecule has 0 saturated carbocycles. The van der Waals surface area contributed by atoms with Crippen LogP contribution in [0.1, 0.15) is 6.92 Å². The number of rotatable bonds is 8. The molecule has 3 aromatic rings. The van der Waals surface area contributed by atoms with Gasteiger partial charge in [-0.2, -0.15) is 0 Å². The van der Waals surface area contributed by atoms with Gasteiger partial charge in [-0.05, 0) is 55.5 Å². The number of hydrogen-bond acceptors (Lipinski definition) is 3. The van der Waals surface area contributed by atoms with Gasteiger partial charge in [0.1, 0.15) is 0 Å². The first-order valence-electron chi connectivity index (χ1n) is 8.96. The van der Waals surface area contributed by atoms with Crippen molar-refractivity contribution in [1.29, 1.82) is 0 Å². The van der Waals surface area contributed by atoms with E-state index < -0.39 is 0 Å². The first-order chi connectivity index (χ1) is 13.2. The molecule has 0 aliphatic carbocycles. The molecule has 0 radical (unpaired) electrons. The summed E-state index contributed by atoms with van der Waals surface area (Å²) in [6, 6.07) is 16.4. The summed E-state index contributed by atoms with van der Waals surface area (Å²) in [4.78, 5) is 8.92. The van der Waals surface area contributed by atoms with Gasteiger partial charge in [0.05, 0.1) is 11.2 Å². The van der Waals surface area contributed by atoms with Crippen molar-refractivity contribution in [2.75, 3.05) is 41.2 Å². The Morgan fingerprint density at radius 3 is 2.14 bits per heavy atom. The molecule has 2 aromatic carbocycles. The first kappa shape index (κ1) is 22.9. The van der Waals surface area contributed by atoms with E-state index in [0.717, 1.165) is 47.6 Å². The number of nitrogens with zero attached hydrogens (tertiary/aromatic N) is 3. The second-order valence-corrected chi connectivity index (χ2v) is 7.31. The zero-order chi connectivity index (χ0) is 19.2. The zero-order valence-corrected chi connectivity index (χ0v) is 18.7. The number of pyridine rings is 1. The van der Waals surface area contributed by atoms with Gasteiger partial charge < -0.3 is 9.80 Å². The Labute approximate surface area is 187 Å². The standard InChI is InChI=1S/C21H22Cl3N3.ClH/c1-2-27(21-9-12-25-20-15-16(24)3-8-19(20)21)18-6-4-17(5-7-18)26(13-10-22)14-11-23;/h3-9,12,15H,2,10-11,13-14H2,1H3;1H. The van der Waals surface area contributed by atoms with E-state index >= 15 is 0 Å². The molecule has 0 spiro atoms. The third-order valence-corrected chi connectivity index (χ3v) is 5.10. The molecule has 0 fully saturated rings. The Kier molecular flexibility index (Phi) is 8.97. The van der Waals surface area contributed by atoms with E-state index in [1.807, 2.05) is 30.5 Å². The van der Waals surface area contributed by atoms with Gasteiger partial charge in [0.2, 0.25) is 0 Å². The molecule has 0 N–H and O–H groups in total. The summed E-state index contributed by atoms with van der Waals surface area (Å²) in [5.41, 5.74) is 4.26. The van der Waals surface area contributed by atoms with E-state index in [1.165, 1.54) is 0 Å². The number of anilines is 3. The Morgan fingerprint density at radius 1 is 0.893 bits per heavy atom. The van der Waals surface area contributed by atoms with E-state index in [4.69, 9.17) is 34.8 Å². The molecule has 28 heavy (non-hydrogen) atoms. The van der Waals surface area contributed by atoms with Crippen LogP contribution in [0.4, 0.5) is 17.1 Å². The third-order valence-electron chi connectivity index (χ3n) is 4.52. The van der Waals surface area contributed by atoms with Gasteiger partial charge in [-0.25, -0.2) is 0 Å². The maximum Gasteiger partial charge on any atom is 0.0737 e. The van der Waals surface area contributed by atoms with E-state index in [-0.39, 0.29) is 12.4 Å². The summed E-state index contributed by atoms with van der Waals surface area (Å²) in [7, 11) is 0. The Morgan fingerprint density at radius 2 is 1.54 bits per heavy atom. The van der Waals surface area contributed by atoms with Crippen LogP contribution in [0.3, 0.4) is 0 Å². The third kappa shape index (κ3) is 5.15. The minimum absolute atomic E-state index is 0. The summed E-state index contributed by atoms with van der Waals surface area (Å²) in [5.74, 6) is 1.15. The van der Waals surface area contributed by atoms with Crippen LogP contribution < -0.4 is 9.80 Å². The highest BCUT2D eigenvalue weighted by Gasteiger charge is 2.13. The quantitative estimate of drug-likeness (QED) is 0.348. The molecule has 1 heterocycles. The van der Waals surface area contributed by atoms with Crippen LogP contribution in [0.25, 0.3) is 10.9 Å². The van der Waals surface area contributed by atoms with Crippen molar-refractivity contribution in [3.8, 4) is 0 Å². The van der Waals surface area contributed by atoms with Crippen molar-refractivity contribution in [3.63, 3.8) is 0 Å². The summed E-state index contributed by atoms with van der Waals surface area (Å²) in [5, 5.41) is 1.77. The highest BCUT2D eigenvalue weighted by Crippen LogP contribution is 2.33. The van der Waals surface area contributed by atoms with Crippen LogP contribution in [0.2, 0.25) is 5.02 Å². The van der Waals surface area contributed by atoms with Crippen molar-refractivity contribution in [1.82, 2.24) is 4.98 Å². The lowest BCUT2D eigenvalue weighted by atomic mass is 10.1. The average molecular weight is 459 g/mol. The van der Waals surface area contributed by atoms with E-state index in [0.29, 0.717) is 16.8 Å². The van der Waals surface area contributed by atoms with Crippen LogP contribution >= 0.6 is 47.2 Å². The molecule has 3 rings (SSSR count). The highest BCUT2D eigenvalue weighted by molar-refractivity contribution is 6.31. The fourth-order valence-electron chi connectivity index (χ4n) is 3.25. The monoisotopic (exact) mass is 457 g/mol. The molecule has 7 heteroatoms. The second kappa shape index (κ2) is 11.0.